The molecule has 3 heteroatoms. The zero-order chi connectivity index (χ0) is 8.69. The van der Waals surface area contributed by atoms with Crippen LogP contribution >= 0.6 is 0 Å². The largest absolute Gasteiger partial charge is 0.395 e. The van der Waals surface area contributed by atoms with Crippen LogP contribution in [0.3, 0.4) is 0 Å². The van der Waals surface area contributed by atoms with Gasteiger partial charge in [-0.3, -0.25) is 4.90 Å². The minimum atomic E-state index is -0.298. The zero-order valence-corrected chi connectivity index (χ0v) is 7.45. The Kier molecular flexibility index (Phi) is 6.51. The minimum Gasteiger partial charge on any atom is -0.395 e. The molecule has 0 aliphatic heterocycles. The van der Waals surface area contributed by atoms with Gasteiger partial charge in [0.1, 0.15) is 0 Å². The maximum atomic E-state index is 9.05. The van der Waals surface area contributed by atoms with E-state index in [4.69, 9.17) is 10.2 Å². The average molecular weight is 161 g/mol. The van der Waals surface area contributed by atoms with E-state index in [9.17, 15) is 0 Å². The number of rotatable bonds is 6. The minimum absolute atomic E-state index is 0.173. The highest BCUT2D eigenvalue weighted by molar-refractivity contribution is 4.59. The average Bonchev–Trinajstić information content (AvgIpc) is 1.87. The van der Waals surface area contributed by atoms with Crippen molar-refractivity contribution in [1.82, 2.24) is 4.90 Å². The number of hydrogen-bond acceptors (Lipinski definition) is 3. The fraction of sp³-hybridized carbons (Fsp3) is 1.00. The lowest BCUT2D eigenvalue weighted by Crippen LogP contribution is -2.33. The molecule has 0 aromatic heterocycles. The standard InChI is InChI=1S/C8H19NO2/c1-3-4-9(5-6-10)7-8(2)11/h8,10-11H,3-7H2,1-2H3/t8-/m0/s1. The van der Waals surface area contributed by atoms with E-state index in [1.165, 1.54) is 0 Å². The predicted molar refractivity (Wildman–Crippen MR) is 45.5 cm³/mol. The summed E-state index contributed by atoms with van der Waals surface area (Å²) in [5, 5.41) is 17.7. The van der Waals surface area contributed by atoms with Crippen molar-refractivity contribution in [1.29, 1.82) is 0 Å². The molecule has 0 fully saturated rings. The Morgan fingerprint density at radius 3 is 2.36 bits per heavy atom. The summed E-state index contributed by atoms with van der Waals surface area (Å²) in [7, 11) is 0. The number of aliphatic hydroxyl groups excluding tert-OH is 2. The van der Waals surface area contributed by atoms with Crippen LogP contribution in [0.15, 0.2) is 0 Å². The smallest absolute Gasteiger partial charge is 0.0639 e. The molecule has 0 amide bonds. The Balaban J connectivity index is 3.50. The van der Waals surface area contributed by atoms with Gasteiger partial charge in [0.15, 0.2) is 0 Å². The Labute approximate surface area is 68.6 Å². The molecule has 0 heterocycles. The first-order valence-electron chi connectivity index (χ1n) is 4.22. The summed E-state index contributed by atoms with van der Waals surface area (Å²) in [4.78, 5) is 2.06. The van der Waals surface area contributed by atoms with Gasteiger partial charge in [0.25, 0.3) is 0 Å². The van der Waals surface area contributed by atoms with Crippen LogP contribution in [-0.2, 0) is 0 Å². The summed E-state index contributed by atoms with van der Waals surface area (Å²) in [5.41, 5.74) is 0. The van der Waals surface area contributed by atoms with Crippen molar-refractivity contribution in [2.75, 3.05) is 26.2 Å². The van der Waals surface area contributed by atoms with Crippen molar-refractivity contribution < 1.29 is 10.2 Å². The monoisotopic (exact) mass is 161 g/mol. The van der Waals surface area contributed by atoms with Crippen molar-refractivity contribution in [3.8, 4) is 0 Å². The van der Waals surface area contributed by atoms with Crippen molar-refractivity contribution >= 4 is 0 Å². The SMILES string of the molecule is CCCN(CCO)C[C@H](C)O. The van der Waals surface area contributed by atoms with E-state index in [1.54, 1.807) is 6.92 Å². The van der Waals surface area contributed by atoms with E-state index in [1.807, 2.05) is 0 Å². The van der Waals surface area contributed by atoms with Crippen LogP contribution in [0.5, 0.6) is 0 Å². The zero-order valence-electron chi connectivity index (χ0n) is 7.45. The third-order valence-corrected chi connectivity index (χ3v) is 1.48. The lowest BCUT2D eigenvalue weighted by Gasteiger charge is -2.21. The van der Waals surface area contributed by atoms with Crippen LogP contribution < -0.4 is 0 Å². The molecule has 0 radical (unpaired) electrons. The first-order chi connectivity index (χ1) is 5.20. The number of nitrogens with zero attached hydrogens (tertiary/aromatic N) is 1. The molecule has 0 aromatic rings. The van der Waals surface area contributed by atoms with Gasteiger partial charge in [0.05, 0.1) is 12.7 Å². The molecule has 1 atom stereocenters. The Morgan fingerprint density at radius 1 is 1.36 bits per heavy atom. The topological polar surface area (TPSA) is 43.7 Å². The number of hydrogen-bond donors (Lipinski definition) is 2. The highest BCUT2D eigenvalue weighted by atomic mass is 16.3. The second-order valence-electron chi connectivity index (χ2n) is 2.87. The first-order valence-corrected chi connectivity index (χ1v) is 4.22. The maximum Gasteiger partial charge on any atom is 0.0639 e. The van der Waals surface area contributed by atoms with Gasteiger partial charge in [0.2, 0.25) is 0 Å². The lowest BCUT2D eigenvalue weighted by atomic mass is 10.3. The van der Waals surface area contributed by atoms with Gasteiger partial charge in [-0.15, -0.1) is 0 Å². The van der Waals surface area contributed by atoms with Crippen LogP contribution in [0.4, 0.5) is 0 Å². The van der Waals surface area contributed by atoms with E-state index in [0.29, 0.717) is 13.1 Å². The summed E-state index contributed by atoms with van der Waals surface area (Å²) < 4.78 is 0. The molecule has 0 spiro atoms. The molecule has 0 rings (SSSR count). The predicted octanol–water partition coefficient (Wildman–Crippen LogP) is 0.0715. The molecule has 3 nitrogen and oxygen atoms in total. The van der Waals surface area contributed by atoms with E-state index >= 15 is 0 Å². The summed E-state index contributed by atoms with van der Waals surface area (Å²) in [5.74, 6) is 0. The normalized spacial score (nSPS) is 13.9. The second-order valence-corrected chi connectivity index (χ2v) is 2.87. The summed E-state index contributed by atoms with van der Waals surface area (Å²) in [6.07, 6.45) is 0.764. The van der Waals surface area contributed by atoms with Crippen LogP contribution in [0.25, 0.3) is 0 Å². The van der Waals surface area contributed by atoms with E-state index in [-0.39, 0.29) is 12.7 Å². The molecular formula is C8H19NO2. The van der Waals surface area contributed by atoms with Crippen LogP contribution in [-0.4, -0.2) is 47.5 Å². The molecule has 0 saturated heterocycles. The van der Waals surface area contributed by atoms with Crippen molar-refractivity contribution in [3.05, 3.63) is 0 Å². The van der Waals surface area contributed by atoms with Gasteiger partial charge in [-0.05, 0) is 19.9 Å². The highest BCUT2D eigenvalue weighted by Crippen LogP contribution is 1.93. The molecule has 0 aliphatic rings. The first kappa shape index (κ1) is 10.9. The summed E-state index contributed by atoms with van der Waals surface area (Å²) in [6.45, 7) is 6.30. The molecule has 0 saturated carbocycles. The van der Waals surface area contributed by atoms with Crippen LogP contribution in [0, 0.1) is 0 Å². The fourth-order valence-electron chi connectivity index (χ4n) is 1.13. The quantitative estimate of drug-likeness (QED) is 0.579. The highest BCUT2D eigenvalue weighted by Gasteiger charge is 2.05. The Hall–Kier alpha value is -0.120. The van der Waals surface area contributed by atoms with Crippen molar-refractivity contribution in [2.45, 2.75) is 26.4 Å². The van der Waals surface area contributed by atoms with Crippen LogP contribution in [0.2, 0.25) is 0 Å². The van der Waals surface area contributed by atoms with E-state index < -0.39 is 0 Å². The van der Waals surface area contributed by atoms with E-state index in [0.717, 1.165) is 13.0 Å². The van der Waals surface area contributed by atoms with Gasteiger partial charge < -0.3 is 10.2 Å². The van der Waals surface area contributed by atoms with Crippen molar-refractivity contribution in [2.24, 2.45) is 0 Å². The van der Waals surface area contributed by atoms with Crippen LogP contribution in [0.1, 0.15) is 20.3 Å². The van der Waals surface area contributed by atoms with Crippen molar-refractivity contribution in [3.63, 3.8) is 0 Å². The Morgan fingerprint density at radius 2 is 2.00 bits per heavy atom. The molecule has 2 N–H and O–H groups in total. The molecule has 11 heavy (non-hydrogen) atoms. The third kappa shape index (κ3) is 6.28. The summed E-state index contributed by atoms with van der Waals surface area (Å²) >= 11 is 0. The molecular weight excluding hydrogens is 142 g/mol. The lowest BCUT2D eigenvalue weighted by molar-refractivity contribution is 0.111. The van der Waals surface area contributed by atoms with E-state index in [2.05, 4.69) is 11.8 Å². The van der Waals surface area contributed by atoms with Gasteiger partial charge >= 0.3 is 0 Å². The molecule has 0 unspecified atom stereocenters. The fourth-order valence-corrected chi connectivity index (χ4v) is 1.13. The molecule has 0 bridgehead atoms. The van der Waals surface area contributed by atoms with Gasteiger partial charge in [-0.25, -0.2) is 0 Å². The molecule has 68 valence electrons. The van der Waals surface area contributed by atoms with Gasteiger partial charge in [-0.1, -0.05) is 6.92 Å². The third-order valence-electron chi connectivity index (χ3n) is 1.48. The van der Waals surface area contributed by atoms with Gasteiger partial charge in [-0.2, -0.15) is 0 Å². The maximum absolute atomic E-state index is 9.05. The Bertz CT molecular complexity index is 80.2. The number of aliphatic hydroxyl groups is 2. The molecule has 0 aromatic carbocycles. The molecule has 0 aliphatic carbocycles. The van der Waals surface area contributed by atoms with Gasteiger partial charge in [0, 0.05) is 13.1 Å². The second kappa shape index (κ2) is 6.58. The summed E-state index contributed by atoms with van der Waals surface area (Å²) in [6, 6.07) is 0.